The molecule has 0 aliphatic carbocycles. The summed E-state index contributed by atoms with van der Waals surface area (Å²) in [5.41, 5.74) is 0. The van der Waals surface area contributed by atoms with Crippen molar-refractivity contribution in [2.45, 2.75) is 25.3 Å². The Morgan fingerprint density at radius 2 is 2.33 bits per heavy atom. The third-order valence-electron chi connectivity index (χ3n) is 2.14. The molecule has 0 fully saturated rings. The van der Waals surface area contributed by atoms with Crippen LogP contribution in [0.5, 0.6) is 0 Å². The summed E-state index contributed by atoms with van der Waals surface area (Å²) in [6, 6.07) is 0. The Labute approximate surface area is 93.9 Å². The van der Waals surface area contributed by atoms with Crippen molar-refractivity contribution < 1.29 is 4.39 Å². The van der Waals surface area contributed by atoms with Crippen molar-refractivity contribution in [3.8, 4) is 0 Å². The van der Waals surface area contributed by atoms with Crippen molar-refractivity contribution in [2.24, 2.45) is 5.92 Å². The average molecular weight is 229 g/mol. The molecule has 0 aromatic carbocycles. The number of nitrogens with zero attached hydrogens (tertiary/aromatic N) is 2. The van der Waals surface area contributed by atoms with Crippen LogP contribution in [0.1, 0.15) is 20.3 Å². The number of thioether (sulfide) groups is 1. The molecule has 0 spiro atoms. The number of rotatable bonds is 5. The molecule has 0 aliphatic heterocycles. The molecule has 1 unspecified atom stereocenters. The monoisotopic (exact) mass is 229 g/mol. The van der Waals surface area contributed by atoms with Crippen LogP contribution in [-0.2, 0) is 0 Å². The lowest BCUT2D eigenvalue weighted by atomic mass is 10.2. The van der Waals surface area contributed by atoms with Gasteiger partial charge < -0.3 is 5.32 Å². The largest absolute Gasteiger partial charge is 0.357 e. The fourth-order valence-corrected chi connectivity index (χ4v) is 1.93. The average Bonchev–Trinajstić information content (AvgIpc) is 2.27. The van der Waals surface area contributed by atoms with Gasteiger partial charge in [-0.25, -0.2) is 14.4 Å². The van der Waals surface area contributed by atoms with Crippen molar-refractivity contribution in [3.05, 3.63) is 12.0 Å². The molecule has 0 aliphatic rings. The van der Waals surface area contributed by atoms with E-state index in [-0.39, 0.29) is 5.82 Å². The second-order valence-corrected chi connectivity index (χ2v) is 4.43. The first-order chi connectivity index (χ1) is 7.17. The minimum Gasteiger partial charge on any atom is -0.357 e. The Balaban J connectivity index is 2.66. The van der Waals surface area contributed by atoms with E-state index in [2.05, 4.69) is 29.1 Å². The quantitative estimate of drug-likeness (QED) is 0.622. The molecule has 1 rings (SSSR count). The molecule has 1 heterocycles. The standard InChI is InChI=1S/C10H16FN3S/c1-4-7(2)6-15-9-8(11)5-13-10(12-3)14-9/h5,7H,4,6H2,1-3H3,(H,12,13,14). The molecular weight excluding hydrogens is 213 g/mol. The van der Waals surface area contributed by atoms with Gasteiger partial charge in [-0.2, -0.15) is 0 Å². The van der Waals surface area contributed by atoms with Gasteiger partial charge in [-0.05, 0) is 5.92 Å². The highest BCUT2D eigenvalue weighted by molar-refractivity contribution is 7.99. The van der Waals surface area contributed by atoms with E-state index in [0.717, 1.165) is 12.2 Å². The Morgan fingerprint density at radius 1 is 1.60 bits per heavy atom. The first kappa shape index (κ1) is 12.2. The zero-order chi connectivity index (χ0) is 11.3. The van der Waals surface area contributed by atoms with E-state index < -0.39 is 0 Å². The zero-order valence-electron chi connectivity index (χ0n) is 9.25. The molecule has 1 aromatic heterocycles. The molecule has 0 saturated heterocycles. The van der Waals surface area contributed by atoms with E-state index in [1.807, 2.05) is 0 Å². The van der Waals surface area contributed by atoms with Gasteiger partial charge in [0.05, 0.1) is 6.20 Å². The number of aromatic nitrogens is 2. The van der Waals surface area contributed by atoms with E-state index in [1.165, 1.54) is 18.0 Å². The summed E-state index contributed by atoms with van der Waals surface area (Å²) in [7, 11) is 1.72. The van der Waals surface area contributed by atoms with Crippen LogP contribution in [0.2, 0.25) is 0 Å². The van der Waals surface area contributed by atoms with E-state index in [4.69, 9.17) is 0 Å². The first-order valence-corrected chi connectivity index (χ1v) is 5.99. The molecule has 5 heteroatoms. The minimum absolute atomic E-state index is 0.345. The van der Waals surface area contributed by atoms with Crippen molar-refractivity contribution in [1.29, 1.82) is 0 Å². The van der Waals surface area contributed by atoms with Gasteiger partial charge in [0.15, 0.2) is 5.82 Å². The minimum atomic E-state index is -0.345. The first-order valence-electron chi connectivity index (χ1n) is 5.00. The molecule has 1 atom stereocenters. The van der Waals surface area contributed by atoms with Crippen LogP contribution >= 0.6 is 11.8 Å². The molecule has 1 aromatic rings. The molecule has 3 nitrogen and oxygen atoms in total. The Bertz CT molecular complexity index is 320. The molecule has 15 heavy (non-hydrogen) atoms. The highest BCUT2D eigenvalue weighted by Crippen LogP contribution is 2.23. The topological polar surface area (TPSA) is 37.8 Å². The van der Waals surface area contributed by atoms with E-state index >= 15 is 0 Å². The van der Waals surface area contributed by atoms with E-state index in [9.17, 15) is 4.39 Å². The second kappa shape index (κ2) is 5.90. The smallest absolute Gasteiger partial charge is 0.223 e. The van der Waals surface area contributed by atoms with Crippen LogP contribution in [0.3, 0.4) is 0 Å². The van der Waals surface area contributed by atoms with Gasteiger partial charge in [-0.1, -0.05) is 20.3 Å². The zero-order valence-corrected chi connectivity index (χ0v) is 10.1. The van der Waals surface area contributed by atoms with Gasteiger partial charge >= 0.3 is 0 Å². The van der Waals surface area contributed by atoms with Gasteiger partial charge in [0.25, 0.3) is 0 Å². The Morgan fingerprint density at radius 3 is 2.93 bits per heavy atom. The lowest BCUT2D eigenvalue weighted by Crippen LogP contribution is -2.01. The molecule has 0 bridgehead atoms. The number of hydrogen-bond donors (Lipinski definition) is 1. The van der Waals surface area contributed by atoms with Gasteiger partial charge in [-0.3, -0.25) is 0 Å². The Hall–Kier alpha value is -0.840. The summed E-state index contributed by atoms with van der Waals surface area (Å²) >= 11 is 1.44. The van der Waals surface area contributed by atoms with Crippen LogP contribution in [0.15, 0.2) is 11.2 Å². The van der Waals surface area contributed by atoms with Crippen molar-refractivity contribution >= 4 is 17.7 Å². The van der Waals surface area contributed by atoms with Crippen LogP contribution < -0.4 is 5.32 Å². The van der Waals surface area contributed by atoms with Gasteiger partial charge in [-0.15, -0.1) is 11.8 Å². The van der Waals surface area contributed by atoms with E-state index in [1.54, 1.807) is 7.05 Å². The lowest BCUT2D eigenvalue weighted by molar-refractivity contribution is 0.578. The van der Waals surface area contributed by atoms with Crippen molar-refractivity contribution in [3.63, 3.8) is 0 Å². The number of anilines is 1. The summed E-state index contributed by atoms with van der Waals surface area (Å²) in [5.74, 6) is 1.57. The summed E-state index contributed by atoms with van der Waals surface area (Å²) in [4.78, 5) is 7.86. The predicted octanol–water partition coefficient (Wildman–Crippen LogP) is 2.80. The summed E-state index contributed by atoms with van der Waals surface area (Å²) in [6.45, 7) is 4.27. The maximum atomic E-state index is 13.3. The fraction of sp³-hybridized carbons (Fsp3) is 0.600. The van der Waals surface area contributed by atoms with Crippen LogP contribution in [0, 0.1) is 11.7 Å². The molecular formula is C10H16FN3S. The number of nitrogens with one attached hydrogen (secondary N) is 1. The number of halogens is 1. The van der Waals surface area contributed by atoms with Gasteiger partial charge in [0, 0.05) is 12.8 Å². The third kappa shape index (κ3) is 3.66. The predicted molar refractivity (Wildman–Crippen MR) is 61.7 cm³/mol. The molecule has 0 saturated carbocycles. The molecule has 1 N–H and O–H groups in total. The SMILES string of the molecule is CCC(C)CSc1nc(NC)ncc1F. The summed E-state index contributed by atoms with van der Waals surface area (Å²) in [5, 5.41) is 3.22. The summed E-state index contributed by atoms with van der Waals surface area (Å²) < 4.78 is 13.3. The van der Waals surface area contributed by atoms with Crippen LogP contribution in [0.4, 0.5) is 10.3 Å². The normalized spacial score (nSPS) is 12.5. The highest BCUT2D eigenvalue weighted by atomic mass is 32.2. The maximum absolute atomic E-state index is 13.3. The lowest BCUT2D eigenvalue weighted by Gasteiger charge is -2.08. The molecule has 84 valence electrons. The van der Waals surface area contributed by atoms with Gasteiger partial charge in [0.2, 0.25) is 5.95 Å². The maximum Gasteiger partial charge on any atom is 0.223 e. The fourth-order valence-electron chi connectivity index (χ4n) is 0.912. The second-order valence-electron chi connectivity index (χ2n) is 3.42. The van der Waals surface area contributed by atoms with Crippen LogP contribution in [0.25, 0.3) is 0 Å². The van der Waals surface area contributed by atoms with E-state index in [0.29, 0.717) is 16.9 Å². The Kier molecular flexibility index (Phi) is 4.81. The van der Waals surface area contributed by atoms with Crippen molar-refractivity contribution in [2.75, 3.05) is 18.1 Å². The van der Waals surface area contributed by atoms with Crippen LogP contribution in [-0.4, -0.2) is 22.8 Å². The summed E-state index contributed by atoms with van der Waals surface area (Å²) in [6.07, 6.45) is 2.30. The number of hydrogen-bond acceptors (Lipinski definition) is 4. The molecule has 0 radical (unpaired) electrons. The van der Waals surface area contributed by atoms with Gasteiger partial charge in [0.1, 0.15) is 5.03 Å². The molecule has 0 amide bonds. The highest BCUT2D eigenvalue weighted by Gasteiger charge is 2.08. The third-order valence-corrected chi connectivity index (χ3v) is 3.43. The van der Waals surface area contributed by atoms with Crippen molar-refractivity contribution in [1.82, 2.24) is 9.97 Å².